The molecule has 1 heterocycles. The molecule has 0 spiro atoms. The Kier molecular flexibility index (Phi) is 3.05. The number of carboxylic acid groups (broad SMARTS) is 1. The van der Waals surface area contributed by atoms with Crippen LogP contribution in [-0.2, 0) is 11.2 Å². The van der Waals surface area contributed by atoms with Crippen molar-refractivity contribution in [2.45, 2.75) is 6.42 Å². The van der Waals surface area contributed by atoms with E-state index in [0.717, 1.165) is 10.0 Å². The van der Waals surface area contributed by atoms with Crippen LogP contribution < -0.4 is 0 Å². The fourth-order valence-corrected chi connectivity index (χ4v) is 1.73. The second-order valence-electron chi connectivity index (χ2n) is 3.31. The Morgan fingerprint density at radius 3 is 2.69 bits per heavy atom. The molecule has 0 atom stereocenters. The van der Waals surface area contributed by atoms with Crippen molar-refractivity contribution >= 4 is 21.9 Å². The van der Waals surface area contributed by atoms with Gasteiger partial charge in [-0.15, -0.1) is 0 Å². The van der Waals surface area contributed by atoms with Gasteiger partial charge >= 0.3 is 5.97 Å². The Balaban J connectivity index is 2.36. The summed E-state index contributed by atoms with van der Waals surface area (Å²) >= 11 is 3.35. The third-order valence-corrected chi connectivity index (χ3v) is 2.69. The van der Waals surface area contributed by atoms with E-state index in [1.165, 1.54) is 6.33 Å². The molecule has 0 aliphatic rings. The number of carboxylic acids is 1. The van der Waals surface area contributed by atoms with E-state index in [0.29, 0.717) is 11.4 Å². The van der Waals surface area contributed by atoms with Crippen molar-refractivity contribution in [3.05, 3.63) is 40.8 Å². The fraction of sp³-hybridized carbons (Fsp3) is 0.0909. The summed E-state index contributed by atoms with van der Waals surface area (Å²) in [4.78, 5) is 17.6. The lowest BCUT2D eigenvalue weighted by molar-refractivity contribution is -0.136. The second kappa shape index (κ2) is 4.49. The van der Waals surface area contributed by atoms with Crippen LogP contribution in [0.2, 0.25) is 0 Å². The number of aromatic nitrogens is 2. The molecule has 5 heteroatoms. The number of hydrogen-bond donors (Lipinski definition) is 2. The summed E-state index contributed by atoms with van der Waals surface area (Å²) in [7, 11) is 0. The average molecular weight is 281 g/mol. The van der Waals surface area contributed by atoms with Gasteiger partial charge in [0.25, 0.3) is 0 Å². The highest BCUT2D eigenvalue weighted by Crippen LogP contribution is 2.22. The maximum atomic E-state index is 10.6. The van der Waals surface area contributed by atoms with E-state index in [4.69, 9.17) is 5.11 Å². The Labute approximate surface area is 100 Å². The number of aromatic amines is 1. The van der Waals surface area contributed by atoms with E-state index >= 15 is 0 Å². The van der Waals surface area contributed by atoms with Gasteiger partial charge in [0.15, 0.2) is 0 Å². The van der Waals surface area contributed by atoms with E-state index in [1.54, 1.807) is 0 Å². The quantitative estimate of drug-likeness (QED) is 0.908. The molecule has 16 heavy (non-hydrogen) atoms. The molecule has 0 aliphatic carbocycles. The summed E-state index contributed by atoms with van der Waals surface area (Å²) in [6.45, 7) is 0. The van der Waals surface area contributed by atoms with Crippen molar-refractivity contribution < 1.29 is 9.90 Å². The summed E-state index contributed by atoms with van der Waals surface area (Å²) in [6, 6.07) is 7.58. The largest absolute Gasteiger partial charge is 0.481 e. The zero-order valence-electron chi connectivity index (χ0n) is 8.27. The van der Waals surface area contributed by atoms with Gasteiger partial charge in [-0.2, -0.15) is 0 Å². The highest BCUT2D eigenvalue weighted by molar-refractivity contribution is 9.10. The molecule has 0 radical (unpaired) electrons. The Hall–Kier alpha value is -1.62. The van der Waals surface area contributed by atoms with Crippen LogP contribution >= 0.6 is 15.9 Å². The molecule has 0 fully saturated rings. The monoisotopic (exact) mass is 280 g/mol. The number of carbonyl (C=O) groups is 1. The van der Waals surface area contributed by atoms with E-state index in [9.17, 15) is 4.79 Å². The van der Waals surface area contributed by atoms with Gasteiger partial charge in [0.05, 0.1) is 24.1 Å². The SMILES string of the molecule is O=C(O)Cc1[nH]cnc1-c1ccc(Br)cc1. The number of rotatable bonds is 3. The van der Waals surface area contributed by atoms with E-state index < -0.39 is 5.97 Å². The van der Waals surface area contributed by atoms with Gasteiger partial charge < -0.3 is 10.1 Å². The molecule has 0 bridgehead atoms. The topological polar surface area (TPSA) is 66.0 Å². The maximum absolute atomic E-state index is 10.6. The first-order valence-electron chi connectivity index (χ1n) is 4.67. The first kappa shape index (κ1) is 10.9. The second-order valence-corrected chi connectivity index (χ2v) is 4.22. The van der Waals surface area contributed by atoms with Crippen LogP contribution in [0.25, 0.3) is 11.3 Å². The summed E-state index contributed by atoms with van der Waals surface area (Å²) in [5.74, 6) is -0.873. The molecule has 0 saturated carbocycles. The average Bonchev–Trinajstić information content (AvgIpc) is 2.66. The molecule has 82 valence electrons. The normalized spacial score (nSPS) is 10.3. The first-order valence-corrected chi connectivity index (χ1v) is 5.46. The number of nitrogens with one attached hydrogen (secondary N) is 1. The molecule has 2 rings (SSSR count). The molecule has 2 N–H and O–H groups in total. The van der Waals surface area contributed by atoms with Gasteiger partial charge in [0, 0.05) is 10.0 Å². The van der Waals surface area contributed by atoms with E-state index in [-0.39, 0.29) is 6.42 Å². The molecular formula is C11H9BrN2O2. The molecular weight excluding hydrogens is 272 g/mol. The standard InChI is InChI=1S/C11H9BrN2O2/c12-8-3-1-7(2-4-8)11-9(5-10(15)16)13-6-14-11/h1-4,6H,5H2,(H,13,14)(H,15,16). The molecule has 2 aromatic rings. The number of nitrogens with zero attached hydrogens (tertiary/aromatic N) is 1. The summed E-state index contributed by atoms with van der Waals surface area (Å²) < 4.78 is 0.978. The Bertz CT molecular complexity index is 505. The fourth-order valence-electron chi connectivity index (χ4n) is 1.46. The number of H-pyrrole nitrogens is 1. The maximum Gasteiger partial charge on any atom is 0.309 e. The van der Waals surface area contributed by atoms with Gasteiger partial charge in [-0.1, -0.05) is 28.1 Å². The van der Waals surface area contributed by atoms with Crippen molar-refractivity contribution in [1.29, 1.82) is 0 Å². The van der Waals surface area contributed by atoms with Gasteiger partial charge in [0.1, 0.15) is 0 Å². The number of imidazole rings is 1. The van der Waals surface area contributed by atoms with Crippen molar-refractivity contribution in [3.8, 4) is 11.3 Å². The van der Waals surface area contributed by atoms with Crippen LogP contribution in [0.3, 0.4) is 0 Å². The van der Waals surface area contributed by atoms with Crippen LogP contribution in [0.1, 0.15) is 5.69 Å². The first-order chi connectivity index (χ1) is 7.66. The lowest BCUT2D eigenvalue weighted by Gasteiger charge is -2.00. The van der Waals surface area contributed by atoms with E-state index in [1.807, 2.05) is 24.3 Å². The third-order valence-electron chi connectivity index (χ3n) is 2.16. The molecule has 0 unspecified atom stereocenters. The summed E-state index contributed by atoms with van der Waals surface area (Å²) in [5, 5.41) is 8.75. The zero-order chi connectivity index (χ0) is 11.5. The van der Waals surface area contributed by atoms with Gasteiger partial charge in [-0.05, 0) is 12.1 Å². The van der Waals surface area contributed by atoms with Crippen molar-refractivity contribution in [2.24, 2.45) is 0 Å². The predicted octanol–water partition coefficient (Wildman–Crippen LogP) is 2.47. The van der Waals surface area contributed by atoms with Crippen molar-refractivity contribution in [2.75, 3.05) is 0 Å². The molecule has 4 nitrogen and oxygen atoms in total. The number of hydrogen-bond acceptors (Lipinski definition) is 2. The lowest BCUT2D eigenvalue weighted by Crippen LogP contribution is -2.01. The molecule has 0 saturated heterocycles. The molecule has 0 amide bonds. The Morgan fingerprint density at radius 1 is 1.38 bits per heavy atom. The van der Waals surface area contributed by atoms with Gasteiger partial charge in [0.2, 0.25) is 0 Å². The van der Waals surface area contributed by atoms with E-state index in [2.05, 4.69) is 25.9 Å². The third kappa shape index (κ3) is 2.30. The van der Waals surface area contributed by atoms with Gasteiger partial charge in [-0.25, -0.2) is 4.98 Å². The lowest BCUT2D eigenvalue weighted by atomic mass is 10.1. The summed E-state index contributed by atoms with van der Waals surface area (Å²) in [5.41, 5.74) is 2.21. The van der Waals surface area contributed by atoms with Crippen LogP contribution in [0.15, 0.2) is 35.1 Å². The van der Waals surface area contributed by atoms with Crippen molar-refractivity contribution in [3.63, 3.8) is 0 Å². The molecule has 0 aliphatic heterocycles. The number of benzene rings is 1. The summed E-state index contributed by atoms with van der Waals surface area (Å²) in [6.07, 6.45) is 1.46. The van der Waals surface area contributed by atoms with Crippen LogP contribution in [0, 0.1) is 0 Å². The zero-order valence-corrected chi connectivity index (χ0v) is 9.86. The van der Waals surface area contributed by atoms with Crippen LogP contribution in [0.4, 0.5) is 0 Å². The minimum absolute atomic E-state index is 0.0502. The number of aliphatic carboxylic acids is 1. The molecule has 1 aromatic carbocycles. The highest BCUT2D eigenvalue weighted by atomic mass is 79.9. The molecule has 1 aromatic heterocycles. The minimum atomic E-state index is -0.873. The minimum Gasteiger partial charge on any atom is -0.481 e. The highest BCUT2D eigenvalue weighted by Gasteiger charge is 2.10. The van der Waals surface area contributed by atoms with Crippen molar-refractivity contribution in [1.82, 2.24) is 9.97 Å². The van der Waals surface area contributed by atoms with Gasteiger partial charge in [-0.3, -0.25) is 4.79 Å². The number of halogens is 1. The predicted molar refractivity (Wildman–Crippen MR) is 63.1 cm³/mol. The smallest absolute Gasteiger partial charge is 0.309 e. The Morgan fingerprint density at radius 2 is 2.06 bits per heavy atom. The van der Waals surface area contributed by atoms with Crippen LogP contribution in [-0.4, -0.2) is 21.0 Å². The van der Waals surface area contributed by atoms with Crippen LogP contribution in [0.5, 0.6) is 0 Å².